The first-order valence-corrected chi connectivity index (χ1v) is 5.92. The molecule has 1 aromatic carbocycles. The van der Waals surface area contributed by atoms with E-state index in [-0.39, 0.29) is 21.9 Å². The Hall–Kier alpha value is -2.33. The number of hydrogen-bond donors (Lipinski definition) is 2. The predicted molar refractivity (Wildman–Crippen MR) is 70.7 cm³/mol. The van der Waals surface area contributed by atoms with Gasteiger partial charge in [-0.1, -0.05) is 6.07 Å². The number of hydrazine groups is 1. The highest BCUT2D eigenvalue weighted by atomic mass is 79.9. The van der Waals surface area contributed by atoms with Crippen LogP contribution in [0.1, 0.15) is 0 Å². The summed E-state index contributed by atoms with van der Waals surface area (Å²) in [6.45, 7) is 0. The minimum atomic E-state index is -0.831. The third kappa shape index (κ3) is 2.81. The molecule has 0 bridgehead atoms. The fourth-order valence-corrected chi connectivity index (χ4v) is 1.81. The quantitative estimate of drug-likeness (QED) is 0.497. The van der Waals surface area contributed by atoms with Crippen molar-refractivity contribution in [2.45, 2.75) is 0 Å². The molecule has 0 saturated heterocycles. The van der Waals surface area contributed by atoms with E-state index in [1.165, 1.54) is 18.2 Å². The van der Waals surface area contributed by atoms with Crippen LogP contribution in [0.15, 0.2) is 28.9 Å². The van der Waals surface area contributed by atoms with E-state index >= 15 is 0 Å². The SMILES string of the molecule is NNc1ncc(F)c(Oc2cccc([N+](=O)[O-])c2Br)n1. The number of nitrogens with zero attached hydrogens (tertiary/aromatic N) is 3. The summed E-state index contributed by atoms with van der Waals surface area (Å²) in [7, 11) is 0. The molecule has 0 unspecified atom stereocenters. The molecule has 0 aliphatic carbocycles. The van der Waals surface area contributed by atoms with E-state index in [1.54, 1.807) is 0 Å². The first kappa shape index (κ1) is 14.1. The summed E-state index contributed by atoms with van der Waals surface area (Å²) in [5.41, 5.74) is 1.92. The third-order valence-corrected chi connectivity index (χ3v) is 2.98. The maximum Gasteiger partial charge on any atom is 0.287 e. The average Bonchev–Trinajstić information content (AvgIpc) is 2.43. The molecule has 0 aliphatic rings. The van der Waals surface area contributed by atoms with Crippen LogP contribution in [-0.4, -0.2) is 14.9 Å². The summed E-state index contributed by atoms with van der Waals surface area (Å²) in [4.78, 5) is 17.4. The zero-order valence-electron chi connectivity index (χ0n) is 9.71. The average molecular weight is 344 g/mol. The number of rotatable bonds is 4. The second-order valence-electron chi connectivity index (χ2n) is 3.44. The van der Waals surface area contributed by atoms with Crippen LogP contribution in [0, 0.1) is 15.9 Å². The smallest absolute Gasteiger partial charge is 0.287 e. The Morgan fingerprint density at radius 1 is 1.50 bits per heavy atom. The molecule has 0 saturated carbocycles. The van der Waals surface area contributed by atoms with Crippen LogP contribution in [0.25, 0.3) is 0 Å². The molecule has 0 spiro atoms. The Morgan fingerprint density at radius 2 is 2.25 bits per heavy atom. The van der Waals surface area contributed by atoms with Crippen molar-refractivity contribution in [2.24, 2.45) is 5.84 Å². The molecule has 0 fully saturated rings. The van der Waals surface area contributed by atoms with E-state index in [2.05, 4.69) is 31.3 Å². The number of nitrogen functional groups attached to an aromatic ring is 1. The second kappa shape index (κ2) is 5.75. The van der Waals surface area contributed by atoms with Crippen molar-refractivity contribution >= 4 is 27.6 Å². The van der Waals surface area contributed by atoms with Crippen LogP contribution >= 0.6 is 15.9 Å². The number of nitro groups is 1. The Labute approximate surface area is 120 Å². The fourth-order valence-electron chi connectivity index (χ4n) is 1.32. The summed E-state index contributed by atoms with van der Waals surface area (Å²) in [5.74, 6) is 3.85. The van der Waals surface area contributed by atoms with Gasteiger partial charge in [0.1, 0.15) is 4.47 Å². The predicted octanol–water partition coefficient (Wildman–Crippen LogP) is 2.36. The van der Waals surface area contributed by atoms with Gasteiger partial charge in [0, 0.05) is 6.07 Å². The zero-order valence-corrected chi connectivity index (χ0v) is 11.3. The molecular formula is C10H7BrFN5O3. The van der Waals surface area contributed by atoms with Gasteiger partial charge < -0.3 is 4.74 Å². The number of anilines is 1. The van der Waals surface area contributed by atoms with Crippen molar-refractivity contribution < 1.29 is 14.1 Å². The second-order valence-corrected chi connectivity index (χ2v) is 4.23. The molecule has 8 nitrogen and oxygen atoms in total. The maximum absolute atomic E-state index is 13.5. The van der Waals surface area contributed by atoms with Gasteiger partial charge in [-0.2, -0.15) is 9.37 Å². The van der Waals surface area contributed by atoms with E-state index in [0.29, 0.717) is 0 Å². The molecule has 104 valence electrons. The summed E-state index contributed by atoms with van der Waals surface area (Å²) in [6.07, 6.45) is 0.864. The minimum Gasteiger partial charge on any atom is -0.435 e. The normalized spacial score (nSPS) is 10.2. The summed E-state index contributed by atoms with van der Waals surface area (Å²) < 4.78 is 18.8. The van der Waals surface area contributed by atoms with Crippen molar-refractivity contribution in [2.75, 3.05) is 5.43 Å². The topological polar surface area (TPSA) is 116 Å². The van der Waals surface area contributed by atoms with Gasteiger partial charge in [0.2, 0.25) is 11.8 Å². The van der Waals surface area contributed by atoms with Crippen molar-refractivity contribution in [1.29, 1.82) is 0 Å². The molecule has 2 rings (SSSR count). The monoisotopic (exact) mass is 343 g/mol. The molecular weight excluding hydrogens is 337 g/mol. The highest BCUT2D eigenvalue weighted by molar-refractivity contribution is 9.10. The number of benzene rings is 1. The van der Waals surface area contributed by atoms with Crippen LogP contribution < -0.4 is 16.0 Å². The number of nitrogens with two attached hydrogens (primary N) is 1. The van der Waals surface area contributed by atoms with Gasteiger partial charge in [-0.25, -0.2) is 10.8 Å². The number of nitro benzene ring substituents is 1. The number of nitrogens with one attached hydrogen (secondary N) is 1. The molecule has 20 heavy (non-hydrogen) atoms. The molecule has 10 heteroatoms. The van der Waals surface area contributed by atoms with Crippen molar-refractivity contribution in [1.82, 2.24) is 9.97 Å². The minimum absolute atomic E-state index is 0.0415. The van der Waals surface area contributed by atoms with Crippen LogP contribution in [0.4, 0.5) is 16.0 Å². The van der Waals surface area contributed by atoms with Gasteiger partial charge in [-0.05, 0) is 22.0 Å². The molecule has 0 atom stereocenters. The molecule has 1 aromatic heterocycles. The first-order chi connectivity index (χ1) is 9.52. The van der Waals surface area contributed by atoms with Gasteiger partial charge in [0.25, 0.3) is 11.6 Å². The van der Waals surface area contributed by atoms with E-state index in [9.17, 15) is 14.5 Å². The lowest BCUT2D eigenvalue weighted by atomic mass is 10.3. The van der Waals surface area contributed by atoms with Gasteiger partial charge >= 0.3 is 0 Å². The van der Waals surface area contributed by atoms with Gasteiger partial charge in [0.15, 0.2) is 5.75 Å². The number of ether oxygens (including phenoxy) is 1. The first-order valence-electron chi connectivity index (χ1n) is 5.13. The summed E-state index contributed by atoms with van der Waals surface area (Å²) >= 11 is 3.03. The lowest BCUT2D eigenvalue weighted by Gasteiger charge is -2.08. The number of hydrogen-bond acceptors (Lipinski definition) is 7. The standard InChI is InChI=1S/C10H7BrFN5O3/c11-8-6(17(18)19)2-1-3-7(8)20-9-5(12)4-14-10(15-9)16-13/h1-4H,13H2,(H,14,15,16). The third-order valence-electron chi connectivity index (χ3n) is 2.19. The van der Waals surface area contributed by atoms with E-state index in [1.807, 2.05) is 0 Å². The maximum atomic E-state index is 13.5. The molecule has 3 N–H and O–H groups in total. The lowest BCUT2D eigenvalue weighted by molar-refractivity contribution is -0.385. The molecule has 0 amide bonds. The van der Waals surface area contributed by atoms with Gasteiger partial charge in [-0.15, -0.1) is 0 Å². The van der Waals surface area contributed by atoms with Gasteiger partial charge in [-0.3, -0.25) is 15.5 Å². The van der Waals surface area contributed by atoms with Crippen LogP contribution in [0.5, 0.6) is 11.6 Å². The van der Waals surface area contributed by atoms with Gasteiger partial charge in [0.05, 0.1) is 11.1 Å². The largest absolute Gasteiger partial charge is 0.435 e. The van der Waals surface area contributed by atoms with Crippen LogP contribution in [0.3, 0.4) is 0 Å². The molecule has 2 aromatic rings. The Balaban J connectivity index is 2.40. The summed E-state index contributed by atoms with van der Waals surface area (Å²) in [6, 6.07) is 4.10. The zero-order chi connectivity index (χ0) is 14.7. The highest BCUT2D eigenvalue weighted by Gasteiger charge is 2.18. The fraction of sp³-hybridized carbons (Fsp3) is 0. The van der Waals surface area contributed by atoms with E-state index < -0.39 is 16.6 Å². The molecule has 1 heterocycles. The Kier molecular flexibility index (Phi) is 4.05. The van der Waals surface area contributed by atoms with Crippen LogP contribution in [-0.2, 0) is 0 Å². The number of aromatic nitrogens is 2. The Morgan fingerprint density at radius 3 is 2.90 bits per heavy atom. The lowest BCUT2D eigenvalue weighted by Crippen LogP contribution is -2.11. The highest BCUT2D eigenvalue weighted by Crippen LogP contribution is 2.36. The van der Waals surface area contributed by atoms with E-state index in [4.69, 9.17) is 10.6 Å². The Bertz CT molecular complexity index is 669. The van der Waals surface area contributed by atoms with Crippen molar-refractivity contribution in [3.05, 3.63) is 44.8 Å². The van der Waals surface area contributed by atoms with Crippen molar-refractivity contribution in [3.8, 4) is 11.6 Å². The summed E-state index contributed by atoms with van der Waals surface area (Å²) in [5, 5.41) is 10.8. The van der Waals surface area contributed by atoms with Crippen molar-refractivity contribution in [3.63, 3.8) is 0 Å². The molecule has 0 aliphatic heterocycles. The van der Waals surface area contributed by atoms with E-state index in [0.717, 1.165) is 6.20 Å². The molecule has 0 radical (unpaired) electrons. The number of halogens is 2. The van der Waals surface area contributed by atoms with Crippen LogP contribution in [0.2, 0.25) is 0 Å².